The van der Waals surface area contributed by atoms with Crippen LogP contribution in [0.1, 0.15) is 42.4 Å². The number of hydrogen-bond donors (Lipinski definition) is 2. The van der Waals surface area contributed by atoms with Crippen molar-refractivity contribution < 1.29 is 0 Å². The van der Waals surface area contributed by atoms with Crippen molar-refractivity contribution in [1.82, 2.24) is 10.6 Å². The maximum atomic E-state index is 3.61. The van der Waals surface area contributed by atoms with Crippen LogP contribution in [0, 0.1) is 5.92 Å². The summed E-state index contributed by atoms with van der Waals surface area (Å²) in [6.07, 6.45) is 8.01. The van der Waals surface area contributed by atoms with Gasteiger partial charge in [0.05, 0.1) is 0 Å². The first-order chi connectivity index (χ1) is 9.42. The van der Waals surface area contributed by atoms with Gasteiger partial charge in [-0.3, -0.25) is 0 Å². The van der Waals surface area contributed by atoms with E-state index in [9.17, 15) is 0 Å². The van der Waals surface area contributed by atoms with Gasteiger partial charge in [-0.2, -0.15) is 0 Å². The SMILES string of the molecule is c1cc2c(cc1CNCCC1CCNC1)CCCC2. The smallest absolute Gasteiger partial charge is 0.0205 e. The zero-order chi connectivity index (χ0) is 12.9. The summed E-state index contributed by atoms with van der Waals surface area (Å²) < 4.78 is 0. The highest BCUT2D eigenvalue weighted by Crippen LogP contribution is 2.22. The summed E-state index contributed by atoms with van der Waals surface area (Å²) in [4.78, 5) is 0. The molecule has 1 fully saturated rings. The van der Waals surface area contributed by atoms with Gasteiger partial charge in [0.2, 0.25) is 0 Å². The molecule has 1 aliphatic heterocycles. The predicted octanol–water partition coefficient (Wildman–Crippen LogP) is 2.65. The van der Waals surface area contributed by atoms with Crippen LogP contribution in [0.2, 0.25) is 0 Å². The molecule has 1 atom stereocenters. The van der Waals surface area contributed by atoms with Gasteiger partial charge in [-0.1, -0.05) is 18.2 Å². The van der Waals surface area contributed by atoms with Crippen LogP contribution in [0.5, 0.6) is 0 Å². The molecule has 1 heterocycles. The van der Waals surface area contributed by atoms with E-state index in [0.29, 0.717) is 0 Å². The van der Waals surface area contributed by atoms with Gasteiger partial charge in [0, 0.05) is 6.54 Å². The van der Waals surface area contributed by atoms with Crippen molar-refractivity contribution in [1.29, 1.82) is 0 Å². The Balaban J connectivity index is 1.44. The number of fused-ring (bicyclic) bond motifs is 1. The van der Waals surface area contributed by atoms with Crippen LogP contribution in [0.25, 0.3) is 0 Å². The summed E-state index contributed by atoms with van der Waals surface area (Å²) >= 11 is 0. The number of benzene rings is 1. The monoisotopic (exact) mass is 258 g/mol. The molecule has 1 aromatic rings. The average molecular weight is 258 g/mol. The van der Waals surface area contributed by atoms with Crippen LogP contribution >= 0.6 is 0 Å². The van der Waals surface area contributed by atoms with Crippen molar-refractivity contribution in [3.05, 3.63) is 34.9 Å². The van der Waals surface area contributed by atoms with E-state index in [1.807, 2.05) is 0 Å². The minimum atomic E-state index is 0.899. The van der Waals surface area contributed by atoms with Gasteiger partial charge >= 0.3 is 0 Å². The van der Waals surface area contributed by atoms with Gasteiger partial charge in [-0.25, -0.2) is 0 Å². The Labute approximate surface area is 117 Å². The Morgan fingerprint density at radius 1 is 1.16 bits per heavy atom. The fraction of sp³-hybridized carbons (Fsp3) is 0.647. The molecule has 19 heavy (non-hydrogen) atoms. The van der Waals surface area contributed by atoms with E-state index in [2.05, 4.69) is 28.8 Å². The van der Waals surface area contributed by atoms with Gasteiger partial charge < -0.3 is 10.6 Å². The first-order valence-electron chi connectivity index (χ1n) is 7.94. The fourth-order valence-corrected chi connectivity index (χ4v) is 3.40. The van der Waals surface area contributed by atoms with Crippen LogP contribution in [0.15, 0.2) is 18.2 Å². The number of hydrogen-bond acceptors (Lipinski definition) is 2. The topological polar surface area (TPSA) is 24.1 Å². The van der Waals surface area contributed by atoms with Crippen LogP contribution in [0.3, 0.4) is 0 Å². The summed E-state index contributed by atoms with van der Waals surface area (Å²) in [5, 5.41) is 7.04. The van der Waals surface area contributed by atoms with Gasteiger partial charge in [0.15, 0.2) is 0 Å². The van der Waals surface area contributed by atoms with E-state index >= 15 is 0 Å². The van der Waals surface area contributed by atoms with Gasteiger partial charge in [0.25, 0.3) is 0 Å². The lowest BCUT2D eigenvalue weighted by atomic mass is 9.90. The zero-order valence-corrected chi connectivity index (χ0v) is 11.9. The number of aryl methyl sites for hydroxylation is 2. The van der Waals surface area contributed by atoms with E-state index in [1.54, 1.807) is 11.1 Å². The molecule has 0 amide bonds. The van der Waals surface area contributed by atoms with E-state index in [4.69, 9.17) is 0 Å². The maximum absolute atomic E-state index is 3.61. The highest BCUT2D eigenvalue weighted by Gasteiger charge is 2.13. The molecule has 0 saturated carbocycles. The van der Waals surface area contributed by atoms with Crippen molar-refractivity contribution in [3.8, 4) is 0 Å². The molecule has 3 rings (SSSR count). The first kappa shape index (κ1) is 13.1. The maximum Gasteiger partial charge on any atom is 0.0205 e. The van der Waals surface area contributed by atoms with Gasteiger partial charge in [-0.15, -0.1) is 0 Å². The van der Waals surface area contributed by atoms with Crippen LogP contribution in [-0.2, 0) is 19.4 Å². The molecule has 1 unspecified atom stereocenters. The molecule has 0 radical (unpaired) electrons. The molecule has 1 aliphatic carbocycles. The summed E-state index contributed by atoms with van der Waals surface area (Å²) in [6, 6.07) is 7.10. The highest BCUT2D eigenvalue weighted by atomic mass is 14.9. The first-order valence-corrected chi connectivity index (χ1v) is 7.94. The molecule has 1 aromatic carbocycles. The molecule has 0 aromatic heterocycles. The van der Waals surface area contributed by atoms with Crippen molar-refractivity contribution in [2.24, 2.45) is 5.92 Å². The summed E-state index contributed by atoms with van der Waals surface area (Å²) in [7, 11) is 0. The largest absolute Gasteiger partial charge is 0.316 e. The number of rotatable bonds is 5. The van der Waals surface area contributed by atoms with Gasteiger partial charge in [-0.05, 0) is 80.8 Å². The highest BCUT2D eigenvalue weighted by molar-refractivity contribution is 5.33. The summed E-state index contributed by atoms with van der Waals surface area (Å²) in [6.45, 7) is 4.63. The lowest BCUT2D eigenvalue weighted by molar-refractivity contribution is 0.500. The molecular weight excluding hydrogens is 232 g/mol. The van der Waals surface area contributed by atoms with Crippen LogP contribution < -0.4 is 10.6 Å². The second-order valence-electron chi connectivity index (χ2n) is 6.13. The van der Waals surface area contributed by atoms with E-state index < -0.39 is 0 Å². The molecule has 2 nitrogen and oxygen atoms in total. The predicted molar refractivity (Wildman–Crippen MR) is 80.4 cm³/mol. The Morgan fingerprint density at radius 2 is 2.05 bits per heavy atom. The lowest BCUT2D eigenvalue weighted by Crippen LogP contribution is -2.19. The van der Waals surface area contributed by atoms with Gasteiger partial charge in [0.1, 0.15) is 0 Å². The minimum absolute atomic E-state index is 0.899. The quantitative estimate of drug-likeness (QED) is 0.793. The summed E-state index contributed by atoms with van der Waals surface area (Å²) in [5.41, 5.74) is 4.66. The Hall–Kier alpha value is -0.860. The Bertz CT molecular complexity index is 408. The molecule has 0 spiro atoms. The van der Waals surface area contributed by atoms with Crippen LogP contribution in [-0.4, -0.2) is 19.6 Å². The zero-order valence-electron chi connectivity index (χ0n) is 11.9. The van der Waals surface area contributed by atoms with Crippen LogP contribution in [0.4, 0.5) is 0 Å². The normalized spacial score (nSPS) is 22.4. The lowest BCUT2D eigenvalue weighted by Gasteiger charge is -2.17. The van der Waals surface area contributed by atoms with Crippen molar-refractivity contribution in [2.45, 2.75) is 45.1 Å². The van der Waals surface area contributed by atoms with Crippen molar-refractivity contribution >= 4 is 0 Å². The van der Waals surface area contributed by atoms with E-state index in [-0.39, 0.29) is 0 Å². The second kappa shape index (κ2) is 6.53. The van der Waals surface area contributed by atoms with Crippen molar-refractivity contribution in [2.75, 3.05) is 19.6 Å². The molecule has 104 valence electrons. The van der Waals surface area contributed by atoms with Crippen molar-refractivity contribution in [3.63, 3.8) is 0 Å². The molecule has 1 saturated heterocycles. The van der Waals surface area contributed by atoms with E-state index in [1.165, 1.54) is 57.2 Å². The second-order valence-corrected chi connectivity index (χ2v) is 6.13. The third kappa shape index (κ3) is 3.58. The van der Waals surface area contributed by atoms with E-state index in [0.717, 1.165) is 19.0 Å². The third-order valence-corrected chi connectivity index (χ3v) is 4.63. The molecule has 0 bridgehead atoms. The molecule has 2 heteroatoms. The molecule has 2 N–H and O–H groups in total. The Kier molecular flexibility index (Phi) is 4.52. The standard InChI is InChI=1S/C17H26N2/c1-2-4-17-11-15(5-6-16(17)3-1)13-19-10-8-14-7-9-18-12-14/h5-6,11,14,18-19H,1-4,7-10,12-13H2. The summed E-state index contributed by atoms with van der Waals surface area (Å²) in [5.74, 6) is 0.899. The number of nitrogens with one attached hydrogen (secondary N) is 2. The minimum Gasteiger partial charge on any atom is -0.316 e. The fourth-order valence-electron chi connectivity index (χ4n) is 3.40. The third-order valence-electron chi connectivity index (χ3n) is 4.63. The Morgan fingerprint density at radius 3 is 2.89 bits per heavy atom. The average Bonchev–Trinajstić information content (AvgIpc) is 2.97. The molecule has 2 aliphatic rings. The molecular formula is C17H26N2.